The van der Waals surface area contributed by atoms with Crippen molar-refractivity contribution in [2.45, 2.75) is 138 Å². The molecule has 0 spiro atoms. The minimum Gasteiger partial charge on any atom is -0.384 e. The number of halogens is 2. The fraction of sp³-hybridized carbons (Fsp3) is 0.388. The molecule has 0 radical (unpaired) electrons. The Morgan fingerprint density at radius 1 is 0.471 bits per heavy atom. The normalized spacial score (nSPS) is 14.9. The van der Waals surface area contributed by atoms with Crippen LogP contribution in [0.2, 0.25) is 10.0 Å². The van der Waals surface area contributed by atoms with E-state index in [4.69, 9.17) is 27.9 Å². The van der Waals surface area contributed by atoms with Crippen LogP contribution in [0, 0.1) is 0 Å². The molecular weight excluding hydrogens is 1570 g/mol. The first-order chi connectivity index (χ1) is 57.8. The third kappa shape index (κ3) is 21.0. The van der Waals surface area contributed by atoms with E-state index in [9.17, 15) is 27.6 Å². The Balaban J connectivity index is 0.000000138. The van der Waals surface area contributed by atoms with Gasteiger partial charge >= 0.3 is 0 Å². The van der Waals surface area contributed by atoms with Crippen molar-refractivity contribution in [2.24, 2.45) is 20.2 Å². The molecule has 6 aliphatic rings. The number of methoxy groups -OCH3 is 1. The zero-order valence-electron chi connectivity index (χ0n) is 68.4. The van der Waals surface area contributed by atoms with Crippen molar-refractivity contribution in [1.29, 1.82) is 0 Å². The maximum absolute atomic E-state index is 13.0. The van der Waals surface area contributed by atoms with Gasteiger partial charge in [0.2, 0.25) is 10.0 Å². The number of fused-ring (bicyclic) bond motifs is 4. The largest absolute Gasteiger partial charge is 0.384 e. The lowest BCUT2D eigenvalue weighted by molar-refractivity contribution is 0.0931. The molecule has 6 aromatic heterocycles. The molecule has 4 aromatic carbocycles. The van der Waals surface area contributed by atoms with Gasteiger partial charge in [0.05, 0.1) is 114 Å². The van der Waals surface area contributed by atoms with Crippen LogP contribution in [0.1, 0.15) is 159 Å². The third-order valence-electron chi connectivity index (χ3n) is 21.3. The number of sulfonamides is 1. The summed E-state index contributed by atoms with van der Waals surface area (Å²) in [6, 6.07) is 39.3. The van der Waals surface area contributed by atoms with Crippen molar-refractivity contribution in [1.82, 2.24) is 79.2 Å². The molecule has 0 unspecified atom stereocenters. The molecule has 16 rings (SSSR count). The number of ether oxygens (including phenoxy) is 1. The smallest absolute Gasteiger partial charge is 0.270 e. The summed E-state index contributed by atoms with van der Waals surface area (Å²) in [6.45, 7) is 19.5. The zero-order valence-corrected chi connectivity index (χ0v) is 70.7. The summed E-state index contributed by atoms with van der Waals surface area (Å²) in [4.78, 5) is 80.5. The number of hydrogen-bond donors (Lipinski definition) is 6. The Morgan fingerprint density at radius 3 is 1.24 bits per heavy atom. The number of aromatic nitrogens is 8. The molecule has 119 heavy (non-hydrogen) atoms. The maximum Gasteiger partial charge on any atom is 0.270 e. The second-order valence-corrected chi connectivity index (χ2v) is 32.2. The van der Waals surface area contributed by atoms with Gasteiger partial charge in [0.25, 0.3) is 23.6 Å². The predicted molar refractivity (Wildman–Crippen MR) is 468 cm³/mol. The molecule has 6 N–H and O–H groups in total. The van der Waals surface area contributed by atoms with Gasteiger partial charge in [0.15, 0.2) is 0 Å². The molecule has 0 atom stereocenters. The number of rotatable bonds is 24. The van der Waals surface area contributed by atoms with Gasteiger partial charge in [-0.2, -0.15) is 10.2 Å². The maximum atomic E-state index is 13.0. The number of nitrogens with zero attached hydrogens (tertiary/aromatic N) is 18. The highest BCUT2D eigenvalue weighted by Gasteiger charge is 2.29. The lowest BCUT2D eigenvalue weighted by Gasteiger charge is -2.31. The number of aryl methyl sites for hydroxylation is 6. The lowest BCUT2D eigenvalue weighted by atomic mass is 10.1. The lowest BCUT2D eigenvalue weighted by Crippen LogP contribution is -2.42. The molecule has 6 aliphatic heterocycles. The van der Waals surface area contributed by atoms with Crippen molar-refractivity contribution in [3.8, 4) is 0 Å². The fourth-order valence-corrected chi connectivity index (χ4v) is 16.1. The number of benzene rings is 4. The van der Waals surface area contributed by atoms with Crippen molar-refractivity contribution < 1.29 is 32.3 Å². The van der Waals surface area contributed by atoms with Gasteiger partial charge in [-0.15, -0.1) is 0 Å². The molecule has 34 heteroatoms. The number of imidazole rings is 4. The van der Waals surface area contributed by atoms with Gasteiger partial charge < -0.3 is 40.0 Å². The van der Waals surface area contributed by atoms with E-state index >= 15 is 0 Å². The Hall–Kier alpha value is -11.9. The number of likely N-dealkylation sites (N-methyl/N-ethyl adjacent to an activating group) is 1. The summed E-state index contributed by atoms with van der Waals surface area (Å²) in [6.07, 6.45) is 17.4. The number of pyridine rings is 2. The van der Waals surface area contributed by atoms with Crippen molar-refractivity contribution in [3.63, 3.8) is 0 Å². The first-order valence-corrected chi connectivity index (χ1v) is 43.0. The number of amidine groups is 1. The average Bonchev–Trinajstić information content (AvgIpc) is 1.67. The average molecular weight is 1680 g/mol. The standard InChI is InChI=1S/C23H32N6O4S.C22H25ClN6O.C20H21ClN6O.C20H26N6O/c1-3-20-22(28-11-5-4-6-21(28)26-20)23(30)24-16-18-7-9-19(10-8-18)29-13-12-27(17-25-29)34(31,32)15-14-33-2;1-4-19-21(28-14-17(23)7-10-20(28)25-19)22(30)24-13-16-5-8-18(9-6-16)29-12-11-27(3)15(2)26-29;1-2-17-19(26-12-15(21)5-8-18(26)25-17)20(28)23-11-14-3-6-16(7-4-14)27-10-9-22-13-24-27;1-2-17-19(25-11-4-3-5-18(25)24-17)20(27)22-13-15-6-8-16(9-7-15)26-12-10-21-14-23-26/h7-10,17H,3-6,11-16H2,1-2H3,(H,24,30);5-10,14H,4,11-13H2,1-3H3,(H,24,30);3-8,12-13H,2,9-11H2,1H3,(H,22,24)(H,23,28);6-9,14H,2-5,10-13H2,1H3,(H,21,23)(H,22,27). The van der Waals surface area contributed by atoms with Crippen LogP contribution in [0.3, 0.4) is 0 Å². The SMILES string of the molecule is CCc1nc2ccc(Cl)cn2c1C(=O)NCc1ccc(N2CCN(C)C(C)=N2)cc1.CCc1nc2ccc(Cl)cn2c1C(=O)NCc1ccc(N2CCN=CN2)cc1.CCc1nc2n(c1C(=O)NCc1ccc(N3CCN(S(=O)(=O)CCOC)C=N3)cc1)CCCC2.CCc1nc2n(c1C(=O)NCc1ccc(N3CCN=CN3)cc1)CCCC2. The van der Waals surface area contributed by atoms with E-state index in [1.807, 2.05) is 130 Å². The Labute approximate surface area is 703 Å². The molecule has 12 heterocycles. The van der Waals surface area contributed by atoms with Crippen LogP contribution in [-0.2, 0) is 92.6 Å². The highest BCUT2D eigenvalue weighted by atomic mass is 35.5. The number of hydrazone groups is 2. The van der Waals surface area contributed by atoms with E-state index in [0.717, 1.165) is 195 Å². The van der Waals surface area contributed by atoms with E-state index in [-0.39, 0.29) is 36.0 Å². The summed E-state index contributed by atoms with van der Waals surface area (Å²) >= 11 is 12.2. The van der Waals surface area contributed by atoms with Gasteiger partial charge in [0.1, 0.15) is 70.6 Å². The Morgan fingerprint density at radius 2 is 0.866 bits per heavy atom. The van der Waals surface area contributed by atoms with Crippen LogP contribution in [0.5, 0.6) is 0 Å². The van der Waals surface area contributed by atoms with E-state index in [1.54, 1.807) is 51.0 Å². The summed E-state index contributed by atoms with van der Waals surface area (Å²) < 4.78 is 38.4. The van der Waals surface area contributed by atoms with Gasteiger partial charge in [-0.1, -0.05) is 99.4 Å². The highest BCUT2D eigenvalue weighted by Crippen LogP contribution is 2.27. The summed E-state index contributed by atoms with van der Waals surface area (Å²) in [5.74, 6) is 2.57. The summed E-state index contributed by atoms with van der Waals surface area (Å²) in [5, 5.41) is 30.0. The molecular formula is C85H104Cl2N24O7S. The molecule has 626 valence electrons. The number of carbonyl (C=O) groups excluding carboxylic acids is 4. The van der Waals surface area contributed by atoms with Crippen LogP contribution in [0.15, 0.2) is 154 Å². The van der Waals surface area contributed by atoms with Gasteiger partial charge in [-0.25, -0.2) is 28.4 Å². The second-order valence-electron chi connectivity index (χ2n) is 29.2. The number of aliphatic imine (C=N–C) groups is 2. The number of hydrogen-bond acceptors (Lipinski definition) is 22. The minimum absolute atomic E-state index is 0.0227. The van der Waals surface area contributed by atoms with Gasteiger partial charge in [-0.3, -0.25) is 73.2 Å². The van der Waals surface area contributed by atoms with Gasteiger partial charge in [0, 0.05) is 85.2 Å². The van der Waals surface area contributed by atoms with E-state index < -0.39 is 10.0 Å². The van der Waals surface area contributed by atoms with Crippen molar-refractivity contribution in [3.05, 3.63) is 223 Å². The van der Waals surface area contributed by atoms with Crippen LogP contribution in [0.25, 0.3) is 11.3 Å². The molecule has 0 bridgehead atoms. The predicted octanol–water partition coefficient (Wildman–Crippen LogP) is 10.2. The van der Waals surface area contributed by atoms with E-state index in [2.05, 4.69) is 122 Å². The molecule has 10 aromatic rings. The number of anilines is 4. The minimum atomic E-state index is -3.42. The van der Waals surface area contributed by atoms with E-state index in [1.165, 1.54) is 17.8 Å². The van der Waals surface area contributed by atoms with Crippen molar-refractivity contribution >= 4 is 116 Å². The molecule has 31 nitrogen and oxygen atoms in total. The third-order valence-corrected chi connectivity index (χ3v) is 23.4. The van der Waals surface area contributed by atoms with Crippen molar-refractivity contribution in [2.75, 3.05) is 98.9 Å². The molecule has 4 amide bonds. The first kappa shape index (κ1) is 85.0. The number of carbonyl (C=O) groups is 4. The molecule has 0 aliphatic carbocycles. The molecule has 0 saturated heterocycles. The summed E-state index contributed by atoms with van der Waals surface area (Å²) in [7, 11) is 0.104. The quantitative estimate of drug-likeness (QED) is 0.0327. The van der Waals surface area contributed by atoms with Gasteiger partial charge in [-0.05, 0) is 153 Å². The second kappa shape index (κ2) is 40.1. The first-order valence-electron chi connectivity index (χ1n) is 40.7. The number of hydrazine groups is 2. The Kier molecular flexibility index (Phi) is 28.6. The Bertz CT molecular complexity index is 5450. The van der Waals surface area contributed by atoms with Crippen LogP contribution in [-0.4, -0.2) is 183 Å². The van der Waals surface area contributed by atoms with Crippen LogP contribution in [0.4, 0.5) is 22.7 Å². The summed E-state index contributed by atoms with van der Waals surface area (Å²) in [5.41, 5.74) is 21.6. The number of nitrogens with one attached hydrogen (secondary N) is 6. The zero-order chi connectivity index (χ0) is 83.5. The monoisotopic (exact) mass is 1670 g/mol. The van der Waals surface area contributed by atoms with E-state index in [0.29, 0.717) is 90.5 Å². The molecule has 0 saturated carbocycles. The highest BCUT2D eigenvalue weighted by molar-refractivity contribution is 7.89. The molecule has 0 fully saturated rings. The number of amides is 4. The topological polar surface area (TPSA) is 323 Å². The van der Waals surface area contributed by atoms with Crippen LogP contribution >= 0.6 is 23.2 Å². The van der Waals surface area contributed by atoms with Crippen LogP contribution < -0.4 is 52.2 Å². The fourth-order valence-electron chi connectivity index (χ4n) is 14.6.